The molecule has 1 aromatic heterocycles. The normalized spacial score (nSPS) is 16.7. The Balaban J connectivity index is 0.00000392. The highest BCUT2D eigenvalue weighted by Crippen LogP contribution is 2.13. The van der Waals surface area contributed by atoms with Crippen molar-refractivity contribution < 1.29 is 4.79 Å². The number of amides is 1. The van der Waals surface area contributed by atoms with E-state index in [4.69, 9.17) is 0 Å². The molecule has 1 aliphatic heterocycles. The Hall–Kier alpha value is -1.58. The minimum Gasteiger partial charge on any atom is -0.357 e. The molecule has 0 bridgehead atoms. The van der Waals surface area contributed by atoms with Crippen molar-refractivity contribution in [2.45, 2.75) is 46.7 Å². The number of halogens is 1. The van der Waals surface area contributed by atoms with Crippen LogP contribution >= 0.6 is 24.0 Å². The lowest BCUT2D eigenvalue weighted by atomic mass is 10.2. The maximum absolute atomic E-state index is 12.1. The third-order valence-corrected chi connectivity index (χ3v) is 4.91. The number of nitrogens with zero attached hydrogens (tertiary/aromatic N) is 4. The Morgan fingerprint density at radius 1 is 1.36 bits per heavy atom. The second-order valence-corrected chi connectivity index (χ2v) is 7.19. The summed E-state index contributed by atoms with van der Waals surface area (Å²) in [7, 11) is 1.77. The Bertz CT molecular complexity index is 630. The molecule has 1 fully saturated rings. The number of likely N-dealkylation sites (tertiary alicyclic amines) is 1. The number of guanidine groups is 1. The predicted molar refractivity (Wildman–Crippen MR) is 126 cm³/mol. The predicted octanol–water partition coefficient (Wildman–Crippen LogP) is 2.47. The van der Waals surface area contributed by atoms with E-state index < -0.39 is 0 Å². The number of carbonyl (C=O) groups excluding carboxylic acids is 1. The van der Waals surface area contributed by atoms with Crippen LogP contribution in [-0.2, 0) is 11.3 Å². The van der Waals surface area contributed by atoms with Crippen LogP contribution in [0.15, 0.2) is 23.3 Å². The van der Waals surface area contributed by atoms with Crippen molar-refractivity contribution in [1.82, 2.24) is 20.5 Å². The summed E-state index contributed by atoms with van der Waals surface area (Å²) < 4.78 is 0. The van der Waals surface area contributed by atoms with Crippen LogP contribution in [-0.4, -0.2) is 61.0 Å². The number of nitrogens with one attached hydrogen (secondary N) is 2. The third-order valence-electron chi connectivity index (χ3n) is 4.91. The number of anilines is 1. The van der Waals surface area contributed by atoms with Gasteiger partial charge in [-0.15, -0.1) is 24.0 Å². The number of aromatic nitrogens is 1. The fraction of sp³-hybridized carbons (Fsp3) is 0.650. The number of hydrogen-bond donors (Lipinski definition) is 2. The second-order valence-electron chi connectivity index (χ2n) is 7.19. The molecule has 0 saturated carbocycles. The van der Waals surface area contributed by atoms with E-state index in [1.165, 1.54) is 0 Å². The van der Waals surface area contributed by atoms with Crippen molar-refractivity contribution in [3.05, 3.63) is 23.9 Å². The van der Waals surface area contributed by atoms with Gasteiger partial charge in [0, 0.05) is 57.9 Å². The van der Waals surface area contributed by atoms with Gasteiger partial charge in [-0.2, -0.15) is 0 Å². The molecular weight excluding hydrogens is 467 g/mol. The summed E-state index contributed by atoms with van der Waals surface area (Å²) in [6.07, 6.45) is 2.85. The molecule has 1 atom stereocenters. The lowest BCUT2D eigenvalue weighted by Gasteiger charge is -2.21. The zero-order valence-electron chi connectivity index (χ0n) is 17.7. The standard InChI is InChI=1S/C20H34N6O.HI/c1-6-25(7-2)18-9-8-16(12-22-18)13-23-20(21-5)24-17-10-11-26(14-17)19(27)15(3)4;/h8-9,12,15,17H,6-7,10-11,13-14H2,1-5H3,(H2,21,23,24);1H. The van der Waals surface area contributed by atoms with E-state index >= 15 is 0 Å². The van der Waals surface area contributed by atoms with Crippen molar-refractivity contribution in [1.29, 1.82) is 0 Å². The highest BCUT2D eigenvalue weighted by atomic mass is 127. The van der Waals surface area contributed by atoms with Crippen LogP contribution in [0.5, 0.6) is 0 Å². The first kappa shape index (κ1) is 24.5. The maximum atomic E-state index is 12.1. The molecule has 1 aromatic rings. The van der Waals surface area contributed by atoms with E-state index in [2.05, 4.69) is 51.5 Å². The Labute approximate surface area is 186 Å². The minimum absolute atomic E-state index is 0. The molecule has 8 heteroatoms. The van der Waals surface area contributed by atoms with Crippen LogP contribution < -0.4 is 15.5 Å². The van der Waals surface area contributed by atoms with Gasteiger partial charge in [0.05, 0.1) is 0 Å². The summed E-state index contributed by atoms with van der Waals surface area (Å²) in [5.41, 5.74) is 1.11. The SMILES string of the molecule is CCN(CC)c1ccc(CNC(=NC)NC2CCN(C(=O)C(C)C)C2)cn1.I. The average molecular weight is 502 g/mol. The van der Waals surface area contributed by atoms with Crippen LogP contribution in [0, 0.1) is 5.92 Å². The first-order chi connectivity index (χ1) is 13.0. The molecule has 28 heavy (non-hydrogen) atoms. The topological polar surface area (TPSA) is 72.9 Å². The lowest BCUT2D eigenvalue weighted by molar-refractivity contribution is -0.133. The maximum Gasteiger partial charge on any atom is 0.225 e. The second kappa shape index (κ2) is 12.1. The number of hydrogen-bond acceptors (Lipinski definition) is 4. The molecule has 0 aromatic carbocycles. The molecule has 2 rings (SSSR count). The van der Waals surface area contributed by atoms with Crippen molar-refractivity contribution in [2.24, 2.45) is 10.9 Å². The summed E-state index contributed by atoms with van der Waals surface area (Å²) >= 11 is 0. The Morgan fingerprint density at radius 3 is 2.61 bits per heavy atom. The molecule has 2 N–H and O–H groups in total. The number of aliphatic imine (C=N–C) groups is 1. The van der Waals surface area contributed by atoms with Crippen LogP contribution in [0.25, 0.3) is 0 Å². The van der Waals surface area contributed by atoms with Crippen LogP contribution in [0.4, 0.5) is 5.82 Å². The van der Waals surface area contributed by atoms with Gasteiger partial charge in [0.25, 0.3) is 0 Å². The quantitative estimate of drug-likeness (QED) is 0.341. The van der Waals surface area contributed by atoms with E-state index in [1.54, 1.807) is 7.05 Å². The van der Waals surface area contributed by atoms with E-state index in [0.717, 1.165) is 49.9 Å². The number of carbonyl (C=O) groups is 1. The van der Waals surface area contributed by atoms with Crippen LogP contribution in [0.3, 0.4) is 0 Å². The molecule has 7 nitrogen and oxygen atoms in total. The van der Waals surface area contributed by atoms with E-state index in [1.807, 2.05) is 24.9 Å². The van der Waals surface area contributed by atoms with E-state index in [9.17, 15) is 4.79 Å². The van der Waals surface area contributed by atoms with Gasteiger partial charge in [-0.3, -0.25) is 9.79 Å². The Morgan fingerprint density at radius 2 is 2.07 bits per heavy atom. The molecule has 0 radical (unpaired) electrons. The molecular formula is C20H35IN6O. The summed E-state index contributed by atoms with van der Waals surface area (Å²) in [6.45, 7) is 12.3. The molecule has 158 valence electrons. The minimum atomic E-state index is 0. The largest absolute Gasteiger partial charge is 0.357 e. The monoisotopic (exact) mass is 502 g/mol. The first-order valence-corrected chi connectivity index (χ1v) is 9.94. The van der Waals surface area contributed by atoms with Crippen molar-refractivity contribution >= 4 is 41.7 Å². The molecule has 1 amide bonds. The Kier molecular flexibility index (Phi) is 10.6. The highest BCUT2D eigenvalue weighted by Gasteiger charge is 2.27. The van der Waals surface area contributed by atoms with Crippen molar-refractivity contribution in [3.8, 4) is 0 Å². The lowest BCUT2D eigenvalue weighted by Crippen LogP contribution is -2.45. The zero-order chi connectivity index (χ0) is 19.8. The summed E-state index contributed by atoms with van der Waals surface area (Å²) in [4.78, 5) is 25.1. The third kappa shape index (κ3) is 6.79. The molecule has 1 saturated heterocycles. The summed E-state index contributed by atoms with van der Waals surface area (Å²) in [5.74, 6) is 2.04. The van der Waals surface area contributed by atoms with E-state index in [0.29, 0.717) is 6.54 Å². The highest BCUT2D eigenvalue weighted by molar-refractivity contribution is 14.0. The van der Waals surface area contributed by atoms with Crippen molar-refractivity contribution in [2.75, 3.05) is 38.1 Å². The van der Waals surface area contributed by atoms with Gasteiger partial charge in [-0.05, 0) is 31.9 Å². The fourth-order valence-corrected chi connectivity index (χ4v) is 3.27. The molecule has 0 aliphatic carbocycles. The van der Waals surface area contributed by atoms with Gasteiger partial charge in [0.2, 0.25) is 5.91 Å². The van der Waals surface area contributed by atoms with Gasteiger partial charge < -0.3 is 20.4 Å². The fourth-order valence-electron chi connectivity index (χ4n) is 3.27. The molecule has 2 heterocycles. The molecule has 0 spiro atoms. The summed E-state index contributed by atoms with van der Waals surface area (Å²) in [5, 5.41) is 6.76. The molecule has 1 unspecified atom stereocenters. The first-order valence-electron chi connectivity index (χ1n) is 9.94. The van der Waals surface area contributed by atoms with Gasteiger partial charge in [0.1, 0.15) is 5.82 Å². The van der Waals surface area contributed by atoms with Gasteiger partial charge in [-0.1, -0.05) is 19.9 Å². The van der Waals surface area contributed by atoms with Gasteiger partial charge in [0.15, 0.2) is 5.96 Å². The smallest absolute Gasteiger partial charge is 0.225 e. The van der Waals surface area contributed by atoms with Gasteiger partial charge >= 0.3 is 0 Å². The van der Waals surface area contributed by atoms with Crippen LogP contribution in [0.2, 0.25) is 0 Å². The average Bonchev–Trinajstić information content (AvgIpc) is 3.14. The zero-order valence-corrected chi connectivity index (χ0v) is 20.1. The number of rotatable bonds is 7. The van der Waals surface area contributed by atoms with Crippen LogP contribution in [0.1, 0.15) is 39.7 Å². The number of pyridine rings is 1. The van der Waals surface area contributed by atoms with Crippen molar-refractivity contribution in [3.63, 3.8) is 0 Å². The van der Waals surface area contributed by atoms with Gasteiger partial charge in [-0.25, -0.2) is 4.98 Å². The summed E-state index contributed by atoms with van der Waals surface area (Å²) in [6, 6.07) is 4.40. The van der Waals surface area contributed by atoms with E-state index in [-0.39, 0.29) is 41.8 Å². The molecule has 1 aliphatic rings.